The molecule has 0 aromatic heterocycles. The van der Waals surface area contributed by atoms with Crippen molar-refractivity contribution in [2.45, 2.75) is 26.7 Å². The highest BCUT2D eigenvalue weighted by molar-refractivity contribution is 7.99. The molecule has 0 aliphatic rings. The Labute approximate surface area is 106 Å². The monoisotopic (exact) mass is 264 g/mol. The molecule has 0 spiro atoms. The Balaban J connectivity index is 3.28. The molecule has 0 fully saturated rings. The van der Waals surface area contributed by atoms with Gasteiger partial charge in [-0.1, -0.05) is 13.8 Å². The molecule has 0 radical (unpaired) electrons. The molecular weight excluding hydrogens is 244 g/mol. The van der Waals surface area contributed by atoms with E-state index in [0.717, 1.165) is 12.8 Å². The van der Waals surface area contributed by atoms with E-state index in [1.165, 1.54) is 11.8 Å². The summed E-state index contributed by atoms with van der Waals surface area (Å²) in [6.45, 7) is 4.68. The Hall–Kier alpha value is -1.11. The fourth-order valence-electron chi connectivity index (χ4n) is 0.763. The van der Waals surface area contributed by atoms with Crippen molar-refractivity contribution in [2.75, 3.05) is 25.0 Å². The highest BCUT2D eigenvalue weighted by Crippen LogP contribution is 1.94. The number of carbonyl (C=O) groups is 2. The molecule has 0 unspecified atom stereocenters. The maximum atomic E-state index is 11.0. The zero-order chi connectivity index (χ0) is 12.9. The highest BCUT2D eigenvalue weighted by Gasteiger charge is 2.01. The van der Waals surface area contributed by atoms with E-state index >= 15 is 0 Å². The van der Waals surface area contributed by atoms with E-state index in [1.54, 1.807) is 0 Å². The number of rotatable bonds is 8. The van der Waals surface area contributed by atoms with E-state index in [1.807, 2.05) is 13.8 Å². The van der Waals surface area contributed by atoms with Crippen molar-refractivity contribution < 1.29 is 19.1 Å². The van der Waals surface area contributed by atoms with Crippen LogP contribution in [0.1, 0.15) is 26.7 Å². The van der Waals surface area contributed by atoms with Crippen LogP contribution in [0.5, 0.6) is 0 Å². The van der Waals surface area contributed by atoms with Crippen molar-refractivity contribution in [2.24, 2.45) is 0 Å². The summed E-state index contributed by atoms with van der Waals surface area (Å²) in [7, 11) is 0. The summed E-state index contributed by atoms with van der Waals surface area (Å²) >= 11 is 1.35. The van der Waals surface area contributed by atoms with Gasteiger partial charge < -0.3 is 20.1 Å². The lowest BCUT2D eigenvalue weighted by molar-refractivity contribution is 0.148. The average molecular weight is 264 g/mol. The number of amides is 2. The van der Waals surface area contributed by atoms with Gasteiger partial charge in [-0.2, -0.15) is 0 Å². The van der Waals surface area contributed by atoms with E-state index in [4.69, 9.17) is 9.47 Å². The van der Waals surface area contributed by atoms with Gasteiger partial charge in [-0.3, -0.25) is 0 Å². The first kappa shape index (κ1) is 15.9. The van der Waals surface area contributed by atoms with Crippen LogP contribution in [0.2, 0.25) is 0 Å². The molecular formula is C10H20N2O4S. The Bertz CT molecular complexity index is 204. The first-order valence-electron chi connectivity index (χ1n) is 5.59. The summed E-state index contributed by atoms with van der Waals surface area (Å²) < 4.78 is 9.59. The van der Waals surface area contributed by atoms with E-state index in [0.29, 0.717) is 25.0 Å². The van der Waals surface area contributed by atoms with E-state index < -0.39 is 12.2 Å². The molecule has 0 saturated heterocycles. The van der Waals surface area contributed by atoms with Gasteiger partial charge in [0, 0.05) is 0 Å². The maximum Gasteiger partial charge on any atom is 0.407 e. The van der Waals surface area contributed by atoms with Crippen LogP contribution in [-0.4, -0.2) is 37.2 Å². The van der Waals surface area contributed by atoms with Crippen LogP contribution in [0, 0.1) is 0 Å². The molecule has 0 saturated carbocycles. The molecule has 7 heteroatoms. The molecule has 0 aliphatic carbocycles. The average Bonchev–Trinajstić information content (AvgIpc) is 2.33. The molecule has 2 N–H and O–H groups in total. The van der Waals surface area contributed by atoms with E-state index in [9.17, 15) is 9.59 Å². The normalized spacial score (nSPS) is 9.53. The van der Waals surface area contributed by atoms with E-state index in [-0.39, 0.29) is 0 Å². The Morgan fingerprint density at radius 3 is 1.71 bits per heavy atom. The Morgan fingerprint density at radius 2 is 1.35 bits per heavy atom. The second-order valence-corrected chi connectivity index (χ2v) is 4.10. The number of nitrogens with one attached hydrogen (secondary N) is 2. The second-order valence-electron chi connectivity index (χ2n) is 3.12. The summed E-state index contributed by atoms with van der Waals surface area (Å²) in [6, 6.07) is 0. The third-order valence-corrected chi connectivity index (χ3v) is 2.21. The van der Waals surface area contributed by atoms with Crippen molar-refractivity contribution >= 4 is 23.9 Å². The van der Waals surface area contributed by atoms with Crippen LogP contribution in [-0.2, 0) is 9.47 Å². The van der Waals surface area contributed by atoms with Gasteiger partial charge in [0.05, 0.1) is 25.0 Å². The lowest BCUT2D eigenvalue weighted by Crippen LogP contribution is -2.28. The number of ether oxygens (including phenoxy) is 2. The lowest BCUT2D eigenvalue weighted by Gasteiger charge is -2.07. The van der Waals surface area contributed by atoms with Crippen molar-refractivity contribution in [1.82, 2.24) is 10.6 Å². The number of thioether (sulfide) groups is 1. The zero-order valence-corrected chi connectivity index (χ0v) is 11.1. The highest BCUT2D eigenvalue weighted by atomic mass is 32.2. The van der Waals surface area contributed by atoms with Gasteiger partial charge in [0.2, 0.25) is 0 Å². The summed E-state index contributed by atoms with van der Waals surface area (Å²) in [6.07, 6.45) is 0.720. The molecule has 0 aromatic carbocycles. The van der Waals surface area contributed by atoms with Crippen LogP contribution >= 0.6 is 11.8 Å². The fourth-order valence-corrected chi connectivity index (χ4v) is 1.30. The van der Waals surface area contributed by atoms with Crippen LogP contribution in [0.3, 0.4) is 0 Å². The van der Waals surface area contributed by atoms with Gasteiger partial charge in [-0.25, -0.2) is 9.59 Å². The standard InChI is InChI=1S/C10H20N2O4S/c1-3-5-15-9(13)11-7-17-8-12-10(14)16-6-4-2/h3-8H2,1-2H3,(H,11,13)(H,12,14). The Morgan fingerprint density at radius 1 is 0.941 bits per heavy atom. The minimum absolute atomic E-state index is 0.386. The van der Waals surface area contributed by atoms with Gasteiger partial charge in [-0.05, 0) is 12.8 Å². The van der Waals surface area contributed by atoms with Crippen LogP contribution < -0.4 is 10.6 Å². The van der Waals surface area contributed by atoms with Crippen LogP contribution in [0.25, 0.3) is 0 Å². The topological polar surface area (TPSA) is 76.7 Å². The number of hydrogen-bond acceptors (Lipinski definition) is 5. The zero-order valence-electron chi connectivity index (χ0n) is 10.3. The van der Waals surface area contributed by atoms with Crippen LogP contribution in [0.4, 0.5) is 9.59 Å². The maximum absolute atomic E-state index is 11.0. The first-order chi connectivity index (χ1) is 8.20. The predicted octanol–water partition coefficient (Wildman–Crippen LogP) is 1.91. The Kier molecular flexibility index (Phi) is 10.6. The summed E-state index contributed by atoms with van der Waals surface area (Å²) in [4.78, 5) is 22.0. The van der Waals surface area contributed by atoms with Crippen molar-refractivity contribution in [3.63, 3.8) is 0 Å². The third kappa shape index (κ3) is 11.2. The third-order valence-electron chi connectivity index (χ3n) is 1.51. The molecule has 0 heterocycles. The van der Waals surface area contributed by atoms with Crippen LogP contribution in [0.15, 0.2) is 0 Å². The van der Waals surface area contributed by atoms with Gasteiger partial charge >= 0.3 is 12.2 Å². The van der Waals surface area contributed by atoms with Crippen molar-refractivity contribution in [3.05, 3.63) is 0 Å². The molecule has 0 aromatic rings. The minimum Gasteiger partial charge on any atom is -0.450 e. The molecule has 2 amide bonds. The first-order valence-corrected chi connectivity index (χ1v) is 6.75. The van der Waals surface area contributed by atoms with Gasteiger partial charge in [0.15, 0.2) is 0 Å². The van der Waals surface area contributed by atoms with Crippen molar-refractivity contribution in [3.8, 4) is 0 Å². The van der Waals surface area contributed by atoms with Gasteiger partial charge in [0.25, 0.3) is 0 Å². The molecule has 17 heavy (non-hydrogen) atoms. The smallest absolute Gasteiger partial charge is 0.407 e. The molecule has 6 nitrogen and oxygen atoms in total. The molecule has 0 aliphatic heterocycles. The number of alkyl carbamates (subject to hydrolysis) is 2. The number of carbonyl (C=O) groups excluding carboxylic acids is 2. The predicted molar refractivity (Wildman–Crippen MR) is 66.9 cm³/mol. The second kappa shape index (κ2) is 11.4. The van der Waals surface area contributed by atoms with Gasteiger partial charge in [0.1, 0.15) is 0 Å². The molecule has 0 rings (SSSR count). The van der Waals surface area contributed by atoms with Gasteiger partial charge in [-0.15, -0.1) is 11.8 Å². The van der Waals surface area contributed by atoms with E-state index in [2.05, 4.69) is 10.6 Å². The summed E-state index contributed by atoms with van der Waals surface area (Å²) in [5.41, 5.74) is 0. The minimum atomic E-state index is -0.437. The summed E-state index contributed by atoms with van der Waals surface area (Å²) in [5.74, 6) is 0.771. The SMILES string of the molecule is CCCOC(=O)NCSCNC(=O)OCCC. The fraction of sp³-hybridized carbons (Fsp3) is 0.800. The molecule has 0 bridgehead atoms. The molecule has 100 valence electrons. The lowest BCUT2D eigenvalue weighted by atomic mass is 10.5. The largest absolute Gasteiger partial charge is 0.450 e. The molecule has 0 atom stereocenters. The van der Waals surface area contributed by atoms with Crippen molar-refractivity contribution in [1.29, 1.82) is 0 Å². The quantitative estimate of drug-likeness (QED) is 0.517. The number of hydrogen-bond donors (Lipinski definition) is 2. The summed E-state index contributed by atoms with van der Waals surface area (Å²) in [5, 5.41) is 5.09.